The zero-order valence-corrected chi connectivity index (χ0v) is 14.9. The first-order chi connectivity index (χ1) is 13.2. The van der Waals surface area contributed by atoms with E-state index in [1.807, 2.05) is 4.90 Å². The van der Waals surface area contributed by atoms with Gasteiger partial charge >= 0.3 is 6.03 Å². The van der Waals surface area contributed by atoms with Gasteiger partial charge in [-0.2, -0.15) is 0 Å². The minimum Gasteiger partial charge on any atom is -0.352 e. The van der Waals surface area contributed by atoms with E-state index in [9.17, 15) is 9.18 Å². The number of halogens is 1. The highest BCUT2D eigenvalue weighted by atomic mass is 19.1. The van der Waals surface area contributed by atoms with Gasteiger partial charge in [-0.15, -0.1) is 0 Å². The molecule has 27 heavy (non-hydrogen) atoms. The minimum atomic E-state index is -0.350. The van der Waals surface area contributed by atoms with Crippen LogP contribution in [-0.2, 0) is 0 Å². The van der Waals surface area contributed by atoms with E-state index in [1.54, 1.807) is 24.5 Å². The summed E-state index contributed by atoms with van der Waals surface area (Å²) in [4.78, 5) is 27.0. The molecule has 2 unspecified atom stereocenters. The lowest BCUT2D eigenvalue weighted by Gasteiger charge is -2.18. The zero-order chi connectivity index (χ0) is 18.6. The molecule has 2 aliphatic heterocycles. The number of urea groups is 1. The molecule has 4 heterocycles. The predicted molar refractivity (Wildman–Crippen MR) is 99.0 cm³/mol. The van der Waals surface area contributed by atoms with Crippen molar-refractivity contribution in [3.05, 3.63) is 42.2 Å². The smallest absolute Gasteiger partial charge is 0.320 e. The Morgan fingerprint density at radius 3 is 3.00 bits per heavy atom. The Morgan fingerprint density at radius 2 is 2.19 bits per heavy atom. The first-order valence-electron chi connectivity index (χ1n) is 9.18. The fraction of sp³-hybridized carbons (Fsp3) is 0.444. The number of nitrogens with one attached hydrogen (secondary N) is 3. The maximum atomic E-state index is 13.9. The van der Waals surface area contributed by atoms with Crippen molar-refractivity contribution in [2.24, 2.45) is 0 Å². The van der Waals surface area contributed by atoms with E-state index in [0.717, 1.165) is 25.8 Å². The first kappa shape index (κ1) is 17.6. The molecule has 9 heteroatoms. The first-order valence-corrected chi connectivity index (χ1v) is 9.18. The van der Waals surface area contributed by atoms with Gasteiger partial charge in [-0.25, -0.2) is 24.1 Å². The van der Waals surface area contributed by atoms with Gasteiger partial charge in [0, 0.05) is 31.5 Å². The van der Waals surface area contributed by atoms with Crippen molar-refractivity contribution in [1.29, 1.82) is 0 Å². The van der Waals surface area contributed by atoms with Crippen LogP contribution < -0.4 is 20.9 Å². The molecule has 3 N–H and O–H groups in total. The van der Waals surface area contributed by atoms with Crippen LogP contribution in [0.15, 0.2) is 30.6 Å². The Bertz CT molecular complexity index is 812. The second-order valence-electron chi connectivity index (χ2n) is 6.79. The summed E-state index contributed by atoms with van der Waals surface area (Å²) < 4.78 is 13.9. The highest BCUT2D eigenvalue weighted by Crippen LogP contribution is 2.22. The van der Waals surface area contributed by atoms with Crippen LogP contribution >= 0.6 is 0 Å². The summed E-state index contributed by atoms with van der Waals surface area (Å²) in [5.41, 5.74) is 0. The molecule has 4 rings (SSSR count). The molecular weight excluding hydrogens is 349 g/mol. The van der Waals surface area contributed by atoms with Crippen LogP contribution in [0.3, 0.4) is 0 Å². The normalized spacial score (nSPS) is 22.0. The Balaban J connectivity index is 1.32. The summed E-state index contributed by atoms with van der Waals surface area (Å²) in [6.07, 6.45) is 6.04. The van der Waals surface area contributed by atoms with Crippen LogP contribution in [0.25, 0.3) is 0 Å². The second kappa shape index (κ2) is 7.83. The standard InChI is InChI=1S/C18H22FN7O/c19-13-3-1-8-22-17(13)26-10-6-12(11-26)23-18(27)25-15-5-9-21-16(24-15)14-4-2-7-20-14/h1,3,5,8-9,12,14,20H,2,4,6-7,10-11H2,(H2,21,23,24,25,27). The fourth-order valence-corrected chi connectivity index (χ4v) is 3.53. The number of carbonyl (C=O) groups is 1. The third kappa shape index (κ3) is 4.13. The Kier molecular flexibility index (Phi) is 5.10. The maximum absolute atomic E-state index is 13.9. The van der Waals surface area contributed by atoms with E-state index in [2.05, 4.69) is 30.9 Å². The summed E-state index contributed by atoms with van der Waals surface area (Å²) in [7, 11) is 0. The van der Waals surface area contributed by atoms with Crippen molar-refractivity contribution in [1.82, 2.24) is 25.6 Å². The van der Waals surface area contributed by atoms with Gasteiger partial charge in [0.1, 0.15) is 11.6 Å². The monoisotopic (exact) mass is 371 g/mol. The van der Waals surface area contributed by atoms with Crippen LogP contribution in [-0.4, -0.2) is 46.7 Å². The molecule has 0 aliphatic carbocycles. The molecule has 0 radical (unpaired) electrons. The molecule has 2 saturated heterocycles. The molecule has 0 aromatic carbocycles. The number of hydrogen-bond acceptors (Lipinski definition) is 6. The number of carbonyl (C=O) groups excluding carboxylic acids is 1. The molecule has 0 saturated carbocycles. The average molecular weight is 371 g/mol. The lowest BCUT2D eigenvalue weighted by atomic mass is 10.2. The number of pyridine rings is 1. The fourth-order valence-electron chi connectivity index (χ4n) is 3.53. The number of amides is 2. The highest BCUT2D eigenvalue weighted by molar-refractivity contribution is 5.88. The molecular formula is C18H22FN7O. The minimum absolute atomic E-state index is 0.0794. The molecule has 2 amide bonds. The van der Waals surface area contributed by atoms with Crippen molar-refractivity contribution in [3.63, 3.8) is 0 Å². The Labute approximate surface area is 156 Å². The lowest BCUT2D eigenvalue weighted by molar-refractivity contribution is 0.249. The highest BCUT2D eigenvalue weighted by Gasteiger charge is 2.26. The molecule has 2 aromatic heterocycles. The van der Waals surface area contributed by atoms with E-state index in [4.69, 9.17) is 0 Å². The van der Waals surface area contributed by atoms with Gasteiger partial charge in [0.05, 0.1) is 6.04 Å². The van der Waals surface area contributed by atoms with Crippen molar-refractivity contribution in [2.75, 3.05) is 29.9 Å². The van der Waals surface area contributed by atoms with Crippen LogP contribution in [0.4, 0.5) is 20.8 Å². The van der Waals surface area contributed by atoms with E-state index in [1.165, 1.54) is 6.07 Å². The van der Waals surface area contributed by atoms with Crippen molar-refractivity contribution in [3.8, 4) is 0 Å². The number of aromatic nitrogens is 3. The predicted octanol–water partition coefficient (Wildman–Crippen LogP) is 1.84. The van der Waals surface area contributed by atoms with Crippen molar-refractivity contribution >= 4 is 17.7 Å². The van der Waals surface area contributed by atoms with E-state index < -0.39 is 0 Å². The third-order valence-corrected chi connectivity index (χ3v) is 4.85. The molecule has 8 nitrogen and oxygen atoms in total. The quantitative estimate of drug-likeness (QED) is 0.759. The number of nitrogens with zero attached hydrogens (tertiary/aromatic N) is 4. The van der Waals surface area contributed by atoms with Gasteiger partial charge < -0.3 is 15.5 Å². The maximum Gasteiger partial charge on any atom is 0.320 e. The van der Waals surface area contributed by atoms with Gasteiger partial charge in [-0.1, -0.05) is 0 Å². The van der Waals surface area contributed by atoms with E-state index in [0.29, 0.717) is 30.5 Å². The topological polar surface area (TPSA) is 95.1 Å². The van der Waals surface area contributed by atoms with E-state index >= 15 is 0 Å². The van der Waals surface area contributed by atoms with Gasteiger partial charge in [-0.05, 0) is 44.0 Å². The van der Waals surface area contributed by atoms with Crippen molar-refractivity contribution < 1.29 is 9.18 Å². The number of anilines is 2. The SMILES string of the molecule is O=C(Nc1ccnc(C2CCCN2)n1)NC1CCN(c2ncccc2F)C1. The second-order valence-corrected chi connectivity index (χ2v) is 6.79. The largest absolute Gasteiger partial charge is 0.352 e. The van der Waals surface area contributed by atoms with Crippen LogP contribution in [0, 0.1) is 5.82 Å². The molecule has 0 bridgehead atoms. The lowest BCUT2D eigenvalue weighted by Crippen LogP contribution is -2.40. The molecule has 2 aromatic rings. The molecule has 0 spiro atoms. The molecule has 2 aliphatic rings. The van der Waals surface area contributed by atoms with Crippen molar-refractivity contribution in [2.45, 2.75) is 31.3 Å². The zero-order valence-electron chi connectivity index (χ0n) is 14.9. The van der Waals surface area contributed by atoms with Gasteiger partial charge in [0.2, 0.25) is 0 Å². The third-order valence-electron chi connectivity index (χ3n) is 4.85. The Morgan fingerprint density at radius 1 is 1.26 bits per heavy atom. The molecule has 142 valence electrons. The van der Waals surface area contributed by atoms with Crippen LogP contribution in [0.1, 0.15) is 31.1 Å². The number of hydrogen-bond donors (Lipinski definition) is 3. The van der Waals surface area contributed by atoms with E-state index in [-0.39, 0.29) is 23.9 Å². The van der Waals surface area contributed by atoms with Gasteiger partial charge in [0.25, 0.3) is 0 Å². The average Bonchev–Trinajstić information content (AvgIpc) is 3.34. The summed E-state index contributed by atoms with van der Waals surface area (Å²) in [5, 5.41) is 9.02. The summed E-state index contributed by atoms with van der Waals surface area (Å²) in [6, 6.07) is 4.36. The summed E-state index contributed by atoms with van der Waals surface area (Å²) in [6.45, 7) is 2.12. The van der Waals surface area contributed by atoms with Gasteiger partial charge in [0.15, 0.2) is 11.6 Å². The molecule has 2 fully saturated rings. The van der Waals surface area contributed by atoms with Crippen LogP contribution in [0.5, 0.6) is 0 Å². The molecule has 2 atom stereocenters. The Hall–Kier alpha value is -2.81. The summed E-state index contributed by atoms with van der Waals surface area (Å²) >= 11 is 0. The van der Waals surface area contributed by atoms with Crippen LogP contribution in [0.2, 0.25) is 0 Å². The summed E-state index contributed by atoms with van der Waals surface area (Å²) in [5.74, 6) is 1.14. The number of rotatable bonds is 4. The van der Waals surface area contributed by atoms with Gasteiger partial charge in [-0.3, -0.25) is 5.32 Å².